The van der Waals surface area contributed by atoms with Gasteiger partial charge in [0.1, 0.15) is 16.4 Å². The number of carbonyl (C=O) groups excluding carboxylic acids is 2. The number of nitrogens with two attached hydrogens (primary N) is 1. The molecule has 1 aliphatic rings. The number of hydrogen-bond donors (Lipinski definition) is 2. The Morgan fingerprint density at radius 1 is 1.11 bits per heavy atom. The minimum atomic E-state index is -4.90. The number of likely N-dealkylation sites (tertiary alicyclic amines) is 1. The van der Waals surface area contributed by atoms with Crippen molar-refractivity contribution in [2.45, 2.75) is 108 Å². The van der Waals surface area contributed by atoms with Gasteiger partial charge in [-0.2, -0.15) is 26.3 Å². The van der Waals surface area contributed by atoms with Crippen LogP contribution in [0.3, 0.4) is 0 Å². The number of ether oxygens (including phenoxy) is 2. The Kier molecular flexibility index (Phi) is 13.9. The van der Waals surface area contributed by atoms with E-state index in [2.05, 4.69) is 4.98 Å². The van der Waals surface area contributed by atoms with Gasteiger partial charge in [-0.25, -0.2) is 0 Å². The third-order valence-corrected chi connectivity index (χ3v) is 10.9. The van der Waals surface area contributed by atoms with Crippen molar-refractivity contribution in [1.29, 1.82) is 0 Å². The van der Waals surface area contributed by atoms with Gasteiger partial charge in [0.15, 0.2) is 0 Å². The van der Waals surface area contributed by atoms with E-state index in [1.54, 1.807) is 38.1 Å². The first-order valence-corrected chi connectivity index (χ1v) is 18.8. The number of amides is 2. The van der Waals surface area contributed by atoms with Gasteiger partial charge in [0.2, 0.25) is 5.60 Å². The van der Waals surface area contributed by atoms with Crippen molar-refractivity contribution in [2.24, 2.45) is 5.73 Å². The number of piperidine rings is 1. The Hall–Kier alpha value is -4.38. The fourth-order valence-corrected chi connectivity index (χ4v) is 7.66. The molecule has 0 radical (unpaired) electrons. The summed E-state index contributed by atoms with van der Waals surface area (Å²) in [7, 11) is 1.47. The van der Waals surface area contributed by atoms with Crippen molar-refractivity contribution in [2.75, 3.05) is 20.1 Å². The normalized spacial score (nSPS) is 19.3. The number of aliphatic carboxylic acids is 1. The number of pyridine rings is 1. The Balaban J connectivity index is 1.72. The number of para-hydroxylation sites is 1. The van der Waals surface area contributed by atoms with Crippen molar-refractivity contribution in [3.8, 4) is 11.5 Å². The molecule has 0 aliphatic carbocycles. The highest BCUT2D eigenvalue weighted by molar-refractivity contribution is 7.10. The number of alkyl halides is 6. The van der Waals surface area contributed by atoms with Gasteiger partial charge in [-0.1, -0.05) is 38.5 Å². The highest BCUT2D eigenvalue weighted by Crippen LogP contribution is 2.43. The van der Waals surface area contributed by atoms with Crippen LogP contribution in [0.1, 0.15) is 98.5 Å². The van der Waals surface area contributed by atoms with Crippen LogP contribution in [0, 0.1) is 0 Å². The minimum absolute atomic E-state index is 0.00222. The Morgan fingerprint density at radius 2 is 1.82 bits per heavy atom. The Bertz CT molecular complexity index is 1800. The predicted octanol–water partition coefficient (Wildman–Crippen LogP) is 8.15. The van der Waals surface area contributed by atoms with E-state index in [-0.39, 0.29) is 57.4 Å². The summed E-state index contributed by atoms with van der Waals surface area (Å²) in [6.07, 6.45) is -7.19. The van der Waals surface area contributed by atoms with Crippen LogP contribution >= 0.6 is 11.3 Å². The highest BCUT2D eigenvalue weighted by atomic mass is 32.1. The van der Waals surface area contributed by atoms with Gasteiger partial charge in [-0.3, -0.25) is 19.4 Å². The number of hydrogen-bond acceptors (Lipinski definition) is 8. The quantitative estimate of drug-likeness (QED) is 0.139. The van der Waals surface area contributed by atoms with Crippen molar-refractivity contribution in [3.05, 3.63) is 75.7 Å². The second-order valence-electron chi connectivity index (χ2n) is 13.8. The lowest BCUT2D eigenvalue weighted by atomic mass is 9.79. The molecule has 17 heteroatoms. The van der Waals surface area contributed by atoms with Crippen molar-refractivity contribution in [1.82, 2.24) is 14.8 Å². The largest absolute Gasteiger partial charge is 0.490 e. The standard InChI is InChI=1S/C38H46F6N4O6S/c1-5-10-30-36(54-25-21-31(55-23-25)38(42,43)44,16-9-19-48(30)33(51)26-22-46-18-15-27(26)37(39,40)41)34(52)47(4)20-17-35(45,6-2)28-11-7-8-12-29(28)53-24(3)13-14-32(49)50/h7-8,11-12,15,18,21-24,30H,5-6,9-10,13-14,16-17,19-20,45H2,1-4H3,(H,49,50)/t24?,30-,35?,36+/m1/s1. The molecule has 3 N–H and O–H groups in total. The van der Waals surface area contributed by atoms with Gasteiger partial charge in [0.05, 0.1) is 23.3 Å². The van der Waals surface area contributed by atoms with Crippen molar-refractivity contribution >= 4 is 29.1 Å². The van der Waals surface area contributed by atoms with E-state index in [0.717, 1.165) is 28.7 Å². The summed E-state index contributed by atoms with van der Waals surface area (Å²) in [5.41, 5.74) is 2.60. The number of carboxylic acids is 1. The molecular weight excluding hydrogens is 754 g/mol. The summed E-state index contributed by atoms with van der Waals surface area (Å²) in [6, 6.07) is 7.28. The fourth-order valence-electron chi connectivity index (χ4n) is 6.98. The highest BCUT2D eigenvalue weighted by Gasteiger charge is 2.55. The van der Waals surface area contributed by atoms with E-state index in [1.807, 2.05) is 6.92 Å². The molecule has 3 aromatic rings. The number of benzene rings is 1. The monoisotopic (exact) mass is 800 g/mol. The van der Waals surface area contributed by atoms with Gasteiger partial charge in [-0.05, 0) is 51.2 Å². The first-order valence-electron chi connectivity index (χ1n) is 18.0. The molecule has 4 rings (SSSR count). The van der Waals surface area contributed by atoms with Crippen LogP contribution in [0.5, 0.6) is 11.5 Å². The van der Waals surface area contributed by atoms with E-state index in [9.17, 15) is 40.7 Å². The number of nitrogens with zero attached hydrogens (tertiary/aromatic N) is 3. The molecule has 1 saturated heterocycles. The number of carboxylic acid groups (broad SMARTS) is 1. The Labute approximate surface area is 319 Å². The molecule has 0 saturated carbocycles. The molecule has 2 aromatic heterocycles. The van der Waals surface area contributed by atoms with E-state index < -0.39 is 69.4 Å². The summed E-state index contributed by atoms with van der Waals surface area (Å²) in [6.45, 7) is 5.30. The maximum absolute atomic E-state index is 14.9. The number of aromatic nitrogens is 1. The molecule has 4 atom stereocenters. The zero-order chi connectivity index (χ0) is 40.8. The smallest absolute Gasteiger partial charge is 0.425 e. The molecule has 10 nitrogen and oxygen atoms in total. The van der Waals surface area contributed by atoms with Crippen LogP contribution in [0.4, 0.5) is 26.3 Å². The lowest BCUT2D eigenvalue weighted by Gasteiger charge is -2.49. The lowest BCUT2D eigenvalue weighted by molar-refractivity contribution is -0.158. The average Bonchev–Trinajstić information content (AvgIpc) is 3.62. The maximum Gasteiger partial charge on any atom is 0.425 e. The van der Waals surface area contributed by atoms with Crippen molar-refractivity contribution < 1.29 is 55.3 Å². The third kappa shape index (κ3) is 10.1. The van der Waals surface area contributed by atoms with Gasteiger partial charge in [-0.15, -0.1) is 11.3 Å². The minimum Gasteiger partial charge on any atom is -0.490 e. The molecule has 0 spiro atoms. The van der Waals surface area contributed by atoms with Gasteiger partial charge < -0.3 is 30.1 Å². The Morgan fingerprint density at radius 3 is 2.44 bits per heavy atom. The molecule has 1 aromatic carbocycles. The summed E-state index contributed by atoms with van der Waals surface area (Å²) in [4.78, 5) is 45.3. The molecule has 1 aliphatic heterocycles. The lowest BCUT2D eigenvalue weighted by Crippen LogP contribution is -2.67. The summed E-state index contributed by atoms with van der Waals surface area (Å²) in [5.74, 6) is -2.51. The molecule has 55 heavy (non-hydrogen) atoms. The van der Waals surface area contributed by atoms with Crippen LogP contribution in [0.25, 0.3) is 0 Å². The number of rotatable bonds is 16. The summed E-state index contributed by atoms with van der Waals surface area (Å²) >= 11 is 0.365. The second-order valence-corrected chi connectivity index (χ2v) is 14.7. The molecule has 2 unspecified atom stereocenters. The molecular formula is C38H46F6N4O6S. The van der Waals surface area contributed by atoms with E-state index >= 15 is 0 Å². The number of likely N-dealkylation sites (N-methyl/N-ethyl adjacent to an activating group) is 1. The van der Waals surface area contributed by atoms with Gasteiger partial charge >= 0.3 is 18.3 Å². The molecule has 2 amide bonds. The molecule has 0 bridgehead atoms. The van der Waals surface area contributed by atoms with Gasteiger partial charge in [0, 0.05) is 67.9 Å². The van der Waals surface area contributed by atoms with E-state index in [0.29, 0.717) is 41.6 Å². The van der Waals surface area contributed by atoms with Crippen LogP contribution in [0.15, 0.2) is 54.2 Å². The maximum atomic E-state index is 14.9. The topological polar surface area (TPSA) is 135 Å². The SMILES string of the molecule is CCC[C@H]1N(C(=O)c2cnccc2C(F)(F)F)CCC[C@@]1(Oc1csc(C(F)(F)F)c1)C(=O)N(C)CCC(N)(CC)c1ccccc1OC(C)CCC(=O)O. The predicted molar refractivity (Wildman–Crippen MR) is 193 cm³/mol. The summed E-state index contributed by atoms with van der Waals surface area (Å²) in [5, 5.41) is 10.2. The zero-order valence-corrected chi connectivity index (χ0v) is 31.8. The van der Waals surface area contributed by atoms with Gasteiger partial charge in [0.25, 0.3) is 11.8 Å². The number of carbonyl (C=O) groups is 3. The molecule has 3 heterocycles. The molecule has 1 fully saturated rings. The van der Waals surface area contributed by atoms with Crippen LogP contribution in [0.2, 0.25) is 0 Å². The van der Waals surface area contributed by atoms with Crippen LogP contribution in [-0.4, -0.2) is 75.6 Å². The number of thiophene rings is 1. The molecule has 302 valence electrons. The third-order valence-electron chi connectivity index (χ3n) is 9.95. The first-order chi connectivity index (χ1) is 25.8. The summed E-state index contributed by atoms with van der Waals surface area (Å²) < 4.78 is 95.7. The van der Waals surface area contributed by atoms with Crippen molar-refractivity contribution in [3.63, 3.8) is 0 Å². The van der Waals surface area contributed by atoms with Crippen LogP contribution < -0.4 is 15.2 Å². The number of halogens is 6. The van der Waals surface area contributed by atoms with Crippen LogP contribution in [-0.2, 0) is 27.5 Å². The second kappa shape index (κ2) is 17.6. The van der Waals surface area contributed by atoms with E-state index in [4.69, 9.17) is 20.3 Å². The average molecular weight is 801 g/mol. The van der Waals surface area contributed by atoms with E-state index in [1.165, 1.54) is 11.9 Å². The first kappa shape index (κ1) is 43.3. The fraction of sp³-hybridized carbons (Fsp3) is 0.526. The zero-order valence-electron chi connectivity index (χ0n) is 31.0.